The molecule has 7 aromatic rings. The van der Waals surface area contributed by atoms with Crippen LogP contribution in [0.5, 0.6) is 11.5 Å². The van der Waals surface area contributed by atoms with Crippen molar-refractivity contribution in [3.8, 4) is 34.1 Å². The van der Waals surface area contributed by atoms with Crippen molar-refractivity contribution in [2.45, 2.75) is 87.0 Å². The second kappa shape index (κ2) is 15.9. The number of rotatable bonds is 11. The number of hydrogen-bond acceptors (Lipinski definition) is 3. The molecule has 0 radical (unpaired) electrons. The summed E-state index contributed by atoms with van der Waals surface area (Å²) < 4.78 is 10.7. The van der Waals surface area contributed by atoms with Gasteiger partial charge in [-0.3, -0.25) is 4.68 Å². The van der Waals surface area contributed by atoms with Gasteiger partial charge >= 0.3 is 21.1 Å². The van der Waals surface area contributed by atoms with E-state index in [-0.39, 0.29) is 26.5 Å². The topological polar surface area (TPSA) is 44.9 Å². The van der Waals surface area contributed by atoms with E-state index in [4.69, 9.17) is 14.8 Å². The maximum Gasteiger partial charge on any atom is 2.00 e. The van der Waals surface area contributed by atoms with Gasteiger partial charge in [-0.15, -0.1) is 35.7 Å². The molecule has 3 heterocycles. The molecule has 5 nitrogen and oxygen atoms in total. The molecule has 0 aliphatic heterocycles. The largest absolute Gasteiger partial charge is 2.00 e. The van der Waals surface area contributed by atoms with E-state index in [9.17, 15) is 0 Å². The minimum absolute atomic E-state index is 0. The first-order chi connectivity index (χ1) is 25.0. The Morgan fingerprint density at radius 3 is 2.36 bits per heavy atom. The minimum atomic E-state index is 0. The number of aromatic nitrogens is 4. The van der Waals surface area contributed by atoms with Gasteiger partial charge in [0.25, 0.3) is 0 Å². The van der Waals surface area contributed by atoms with Crippen LogP contribution in [0.1, 0.15) is 89.2 Å². The van der Waals surface area contributed by atoms with E-state index in [0.29, 0.717) is 23.3 Å². The van der Waals surface area contributed by atoms with Crippen molar-refractivity contribution in [3.05, 3.63) is 132 Å². The normalized spacial score (nSPS) is 12.9. The maximum absolute atomic E-state index is 6.53. The molecule has 0 saturated carbocycles. The molecule has 274 valence electrons. The molecule has 53 heavy (non-hydrogen) atoms. The fourth-order valence-corrected chi connectivity index (χ4v) is 7.84. The van der Waals surface area contributed by atoms with Gasteiger partial charge in [-0.05, 0) is 89.9 Å². The van der Waals surface area contributed by atoms with Crippen LogP contribution in [0, 0.1) is 37.3 Å². The third-order valence-electron chi connectivity index (χ3n) is 10.1. The Kier molecular flexibility index (Phi) is 11.5. The SMILES string of the molecule is CCCC(C)CC(C)c1ccc2c(c1)c1ccc(Oc3[c-]c(-n4nc(C)c(-c5ccccc5)c4C)ccc3)[c-]c1n2-c1cc(CC(C)(C)C)ccn1.[Pt+2]. The van der Waals surface area contributed by atoms with Crippen LogP contribution < -0.4 is 4.74 Å². The van der Waals surface area contributed by atoms with E-state index in [2.05, 4.69) is 133 Å². The zero-order chi connectivity index (χ0) is 36.6. The van der Waals surface area contributed by atoms with Gasteiger partial charge in [0, 0.05) is 34.5 Å². The van der Waals surface area contributed by atoms with Gasteiger partial charge in [-0.1, -0.05) is 102 Å². The Hall–Kier alpha value is -4.47. The number of ether oxygens (including phenoxy) is 1. The average Bonchev–Trinajstić information content (AvgIpc) is 3.60. The molecule has 3 aromatic heterocycles. The monoisotopic (exact) mass is 881 g/mol. The quantitative estimate of drug-likeness (QED) is 0.122. The van der Waals surface area contributed by atoms with Crippen molar-refractivity contribution >= 4 is 21.8 Å². The fraction of sp³-hybridized carbons (Fsp3) is 0.319. The van der Waals surface area contributed by atoms with Crippen LogP contribution in [0.2, 0.25) is 0 Å². The van der Waals surface area contributed by atoms with Crippen LogP contribution in [0.15, 0.2) is 97.2 Å². The number of nitrogens with zero attached hydrogens (tertiary/aromatic N) is 4. The molecule has 0 N–H and O–H groups in total. The molecule has 4 aromatic carbocycles. The van der Waals surface area contributed by atoms with Gasteiger partial charge in [0.2, 0.25) is 0 Å². The summed E-state index contributed by atoms with van der Waals surface area (Å²) in [5.74, 6) is 3.28. The van der Waals surface area contributed by atoms with E-state index < -0.39 is 0 Å². The molecular formula is C47H50N4OPt. The van der Waals surface area contributed by atoms with Gasteiger partial charge in [0.05, 0.1) is 5.69 Å². The van der Waals surface area contributed by atoms with Crippen LogP contribution in [-0.4, -0.2) is 19.3 Å². The fourth-order valence-electron chi connectivity index (χ4n) is 7.84. The second-order valence-corrected chi connectivity index (χ2v) is 15.8. The van der Waals surface area contributed by atoms with Crippen molar-refractivity contribution in [2.75, 3.05) is 0 Å². The summed E-state index contributed by atoms with van der Waals surface area (Å²) in [6, 6.07) is 39.0. The van der Waals surface area contributed by atoms with Crippen molar-refractivity contribution in [1.29, 1.82) is 0 Å². The van der Waals surface area contributed by atoms with Crippen molar-refractivity contribution < 1.29 is 25.8 Å². The second-order valence-electron chi connectivity index (χ2n) is 15.8. The zero-order valence-corrected chi connectivity index (χ0v) is 34.5. The van der Waals surface area contributed by atoms with Crippen LogP contribution in [0.4, 0.5) is 0 Å². The van der Waals surface area contributed by atoms with Crippen LogP contribution in [0.25, 0.3) is 44.4 Å². The molecule has 0 saturated heterocycles. The van der Waals surface area contributed by atoms with Crippen LogP contribution in [0.3, 0.4) is 0 Å². The van der Waals surface area contributed by atoms with Gasteiger partial charge in [-0.2, -0.15) is 17.2 Å². The Bertz CT molecular complexity index is 2350. The minimum Gasteiger partial charge on any atom is -0.509 e. The van der Waals surface area contributed by atoms with Gasteiger partial charge in [0.15, 0.2) is 0 Å². The number of benzene rings is 4. The summed E-state index contributed by atoms with van der Waals surface area (Å²) in [6.07, 6.45) is 6.56. The Morgan fingerprint density at radius 2 is 1.60 bits per heavy atom. The van der Waals surface area contributed by atoms with Crippen LogP contribution in [-0.2, 0) is 27.5 Å². The third-order valence-corrected chi connectivity index (χ3v) is 10.1. The molecule has 6 heteroatoms. The Balaban J connectivity index is 0.00000481. The summed E-state index contributed by atoms with van der Waals surface area (Å²) in [4.78, 5) is 4.91. The Morgan fingerprint density at radius 1 is 0.830 bits per heavy atom. The number of fused-ring (bicyclic) bond motifs is 3. The Labute approximate surface area is 329 Å². The smallest absolute Gasteiger partial charge is 0.509 e. The van der Waals surface area contributed by atoms with E-state index in [0.717, 1.165) is 56.9 Å². The summed E-state index contributed by atoms with van der Waals surface area (Å²) in [7, 11) is 0. The first kappa shape index (κ1) is 38.3. The van der Waals surface area contributed by atoms with Gasteiger partial charge in [0.1, 0.15) is 5.82 Å². The molecular weight excluding hydrogens is 832 g/mol. The molecule has 0 aliphatic rings. The molecule has 7 rings (SSSR count). The zero-order valence-electron chi connectivity index (χ0n) is 32.2. The maximum atomic E-state index is 6.53. The summed E-state index contributed by atoms with van der Waals surface area (Å²) in [6.45, 7) is 18.0. The van der Waals surface area contributed by atoms with E-state index in [1.54, 1.807) is 0 Å². The predicted molar refractivity (Wildman–Crippen MR) is 215 cm³/mol. The van der Waals surface area contributed by atoms with E-state index in [1.165, 1.54) is 35.8 Å². The first-order valence-corrected chi connectivity index (χ1v) is 18.8. The number of hydrogen-bond donors (Lipinski definition) is 0. The molecule has 0 spiro atoms. The molecule has 0 amide bonds. The molecule has 2 atom stereocenters. The number of pyridine rings is 1. The number of aryl methyl sites for hydroxylation is 1. The van der Waals surface area contributed by atoms with Gasteiger partial charge in [-0.25, -0.2) is 4.98 Å². The third kappa shape index (κ3) is 8.21. The average molecular weight is 882 g/mol. The standard InChI is InChI=1S/C47H50N4O.Pt/c1-9-14-31(2)25-32(3)37-19-22-43-42(27-37)41-21-20-40(29-44(41)50(43)45-26-35(23-24-48-45)30-47(6,7)8)52-39-18-13-17-38(28-39)51-34(5)46(33(4)49-51)36-15-11-10-12-16-36;/h10-13,15-24,26-27,31-32H,9,14,25,30H2,1-8H3;/q-2;+2. The van der Waals surface area contributed by atoms with Crippen molar-refractivity contribution in [3.63, 3.8) is 0 Å². The van der Waals surface area contributed by atoms with Crippen LogP contribution >= 0.6 is 0 Å². The predicted octanol–water partition coefficient (Wildman–Crippen LogP) is 12.6. The summed E-state index contributed by atoms with van der Waals surface area (Å²) in [5, 5.41) is 7.24. The van der Waals surface area contributed by atoms with E-state index >= 15 is 0 Å². The molecule has 0 bridgehead atoms. The molecule has 0 fully saturated rings. The van der Waals surface area contributed by atoms with Crippen molar-refractivity contribution in [1.82, 2.24) is 19.3 Å². The molecule has 0 aliphatic carbocycles. The van der Waals surface area contributed by atoms with Crippen molar-refractivity contribution in [2.24, 2.45) is 11.3 Å². The first-order valence-electron chi connectivity index (χ1n) is 18.8. The summed E-state index contributed by atoms with van der Waals surface area (Å²) in [5.41, 5.74) is 10.0. The van der Waals surface area contributed by atoms with Gasteiger partial charge < -0.3 is 9.30 Å². The molecule has 2 unspecified atom stereocenters. The summed E-state index contributed by atoms with van der Waals surface area (Å²) >= 11 is 0. The van der Waals surface area contributed by atoms with E-state index in [1.807, 2.05) is 41.2 Å².